The summed E-state index contributed by atoms with van der Waals surface area (Å²) >= 11 is 0. The van der Waals surface area contributed by atoms with Crippen LogP contribution in [0.1, 0.15) is 36.5 Å². The molecule has 9 heteroatoms. The molecule has 0 radical (unpaired) electrons. The molecule has 0 spiro atoms. The number of rotatable bonds is 9. The van der Waals surface area contributed by atoms with Crippen molar-refractivity contribution in [2.75, 3.05) is 20.2 Å². The molecule has 0 bridgehead atoms. The molecule has 1 aromatic rings. The van der Waals surface area contributed by atoms with Gasteiger partial charge in [-0.25, -0.2) is 13.1 Å². The number of methoxy groups -OCH3 is 1. The number of carbonyl (C=O) groups excluding carboxylic acids is 2. The first-order chi connectivity index (χ1) is 11.9. The number of sulfonamides is 1. The van der Waals surface area contributed by atoms with Crippen molar-refractivity contribution in [1.29, 1.82) is 0 Å². The predicted octanol–water partition coefficient (Wildman–Crippen LogP) is 0.392. The zero-order valence-corrected chi connectivity index (χ0v) is 15.1. The topological polar surface area (TPSA) is 114 Å². The lowest BCUT2D eigenvalue weighted by atomic mass is 10.2. The van der Waals surface area contributed by atoms with Gasteiger partial charge in [0.1, 0.15) is 10.6 Å². The van der Waals surface area contributed by atoms with Gasteiger partial charge in [-0.05, 0) is 37.5 Å². The van der Waals surface area contributed by atoms with E-state index in [2.05, 4.69) is 15.4 Å². The van der Waals surface area contributed by atoms with Crippen molar-refractivity contribution in [3.63, 3.8) is 0 Å². The Kier molecular flexibility index (Phi) is 6.38. The fraction of sp³-hybridized carbons (Fsp3) is 0.500. The van der Waals surface area contributed by atoms with E-state index in [9.17, 15) is 18.0 Å². The lowest BCUT2D eigenvalue weighted by Gasteiger charge is -2.12. The van der Waals surface area contributed by atoms with Crippen LogP contribution < -0.4 is 20.1 Å². The Hall–Kier alpha value is -2.13. The molecule has 1 aromatic carbocycles. The quantitative estimate of drug-likeness (QED) is 0.583. The molecule has 1 aliphatic carbocycles. The highest BCUT2D eigenvalue weighted by atomic mass is 32.2. The van der Waals surface area contributed by atoms with Gasteiger partial charge >= 0.3 is 0 Å². The molecule has 0 unspecified atom stereocenters. The lowest BCUT2D eigenvalue weighted by molar-refractivity contribution is -0.120. The van der Waals surface area contributed by atoms with Crippen molar-refractivity contribution in [1.82, 2.24) is 15.4 Å². The van der Waals surface area contributed by atoms with Crippen LogP contribution in [0.5, 0.6) is 5.75 Å². The average molecular weight is 369 g/mol. The Morgan fingerprint density at radius 2 is 1.96 bits per heavy atom. The van der Waals surface area contributed by atoms with E-state index in [1.54, 1.807) is 0 Å². The summed E-state index contributed by atoms with van der Waals surface area (Å²) in [5.74, 6) is -0.672. The van der Waals surface area contributed by atoms with Crippen LogP contribution in [0.4, 0.5) is 0 Å². The zero-order valence-electron chi connectivity index (χ0n) is 14.3. The van der Waals surface area contributed by atoms with Crippen molar-refractivity contribution in [2.24, 2.45) is 0 Å². The third-order valence-corrected chi connectivity index (χ3v) is 5.14. The Bertz CT molecular complexity index is 744. The second kappa shape index (κ2) is 8.30. The Balaban J connectivity index is 2.12. The van der Waals surface area contributed by atoms with Crippen molar-refractivity contribution in [3.05, 3.63) is 23.8 Å². The molecule has 25 heavy (non-hydrogen) atoms. The number of amides is 2. The van der Waals surface area contributed by atoms with Crippen molar-refractivity contribution < 1.29 is 22.7 Å². The highest BCUT2D eigenvalue weighted by Gasteiger charge is 2.30. The van der Waals surface area contributed by atoms with Gasteiger partial charge in [0.15, 0.2) is 0 Å². The molecule has 0 aromatic heterocycles. The Morgan fingerprint density at radius 1 is 1.24 bits per heavy atom. The minimum Gasteiger partial charge on any atom is -0.495 e. The summed E-state index contributed by atoms with van der Waals surface area (Å²) in [5.41, 5.74) is 0.139. The second-order valence-corrected chi connectivity index (χ2v) is 7.48. The van der Waals surface area contributed by atoms with Crippen molar-refractivity contribution in [3.8, 4) is 5.75 Å². The largest absolute Gasteiger partial charge is 0.495 e. The van der Waals surface area contributed by atoms with Crippen LogP contribution in [-0.4, -0.2) is 46.5 Å². The van der Waals surface area contributed by atoms with Crippen LogP contribution in [0.3, 0.4) is 0 Å². The molecule has 0 atom stereocenters. The molecule has 3 N–H and O–H groups in total. The van der Waals surface area contributed by atoms with E-state index in [1.807, 2.05) is 6.92 Å². The fourth-order valence-corrected chi connectivity index (χ4v) is 3.60. The van der Waals surface area contributed by atoms with Gasteiger partial charge in [-0.1, -0.05) is 6.92 Å². The minimum atomic E-state index is -3.77. The molecule has 2 rings (SSSR count). The molecule has 2 amide bonds. The van der Waals surface area contributed by atoms with Crippen molar-refractivity contribution >= 4 is 21.8 Å². The van der Waals surface area contributed by atoms with Crippen LogP contribution in [0.15, 0.2) is 23.1 Å². The molecular formula is C16H23N3O5S. The average Bonchev–Trinajstić information content (AvgIpc) is 3.40. The van der Waals surface area contributed by atoms with E-state index >= 15 is 0 Å². The van der Waals surface area contributed by atoms with Crippen LogP contribution in [0, 0.1) is 0 Å². The van der Waals surface area contributed by atoms with Crippen molar-refractivity contribution in [2.45, 2.75) is 37.1 Å². The summed E-state index contributed by atoms with van der Waals surface area (Å²) in [6, 6.07) is 4.07. The monoisotopic (exact) mass is 369 g/mol. The summed E-state index contributed by atoms with van der Waals surface area (Å²) in [4.78, 5) is 23.6. The smallest absolute Gasteiger partial charge is 0.251 e. The van der Waals surface area contributed by atoms with Gasteiger partial charge in [-0.3, -0.25) is 9.59 Å². The standard InChI is InChI=1S/C16H23N3O5S/c1-3-8-17-15(20)10-18-16(21)11-4-7-13(24-2)14(9-11)25(22,23)19-12-5-6-12/h4,7,9,12,19H,3,5-6,8,10H2,1-2H3,(H,17,20)(H,18,21). The lowest BCUT2D eigenvalue weighted by Crippen LogP contribution is -2.37. The summed E-state index contributed by atoms with van der Waals surface area (Å²) < 4.78 is 32.5. The van der Waals surface area contributed by atoms with E-state index < -0.39 is 15.9 Å². The highest BCUT2D eigenvalue weighted by molar-refractivity contribution is 7.89. The summed E-state index contributed by atoms with van der Waals surface area (Å²) in [6.07, 6.45) is 2.40. The highest BCUT2D eigenvalue weighted by Crippen LogP contribution is 2.28. The summed E-state index contributed by atoms with van der Waals surface area (Å²) in [7, 11) is -2.41. The van der Waals surface area contributed by atoms with E-state index in [0.717, 1.165) is 19.3 Å². The number of hydrogen-bond donors (Lipinski definition) is 3. The minimum absolute atomic E-state index is 0.0607. The molecule has 1 aliphatic rings. The van der Waals surface area contributed by atoms with Gasteiger partial charge in [0.25, 0.3) is 5.91 Å². The maximum absolute atomic E-state index is 12.4. The molecule has 138 valence electrons. The van der Waals surface area contributed by atoms with Crippen LogP contribution in [0.25, 0.3) is 0 Å². The van der Waals surface area contributed by atoms with E-state index in [0.29, 0.717) is 6.54 Å². The van der Waals surface area contributed by atoms with Crippen LogP contribution in [-0.2, 0) is 14.8 Å². The first-order valence-corrected chi connectivity index (χ1v) is 9.61. The van der Waals surface area contributed by atoms with Gasteiger partial charge in [0, 0.05) is 18.2 Å². The molecule has 8 nitrogen and oxygen atoms in total. The summed E-state index contributed by atoms with van der Waals surface area (Å²) in [5, 5.41) is 5.11. The van der Waals surface area contributed by atoms with E-state index in [1.165, 1.54) is 25.3 Å². The van der Waals surface area contributed by atoms with Gasteiger partial charge in [0.2, 0.25) is 15.9 Å². The second-order valence-electron chi connectivity index (χ2n) is 5.79. The third-order valence-electron chi connectivity index (χ3n) is 3.60. The van der Waals surface area contributed by atoms with Gasteiger partial charge in [-0.2, -0.15) is 0 Å². The molecule has 0 saturated heterocycles. The zero-order chi connectivity index (χ0) is 18.4. The molecule has 0 aliphatic heterocycles. The van der Waals surface area contributed by atoms with Gasteiger partial charge < -0.3 is 15.4 Å². The van der Waals surface area contributed by atoms with Gasteiger partial charge in [0.05, 0.1) is 13.7 Å². The number of carbonyl (C=O) groups is 2. The van der Waals surface area contributed by atoms with Crippen LogP contribution >= 0.6 is 0 Å². The van der Waals surface area contributed by atoms with E-state index in [-0.39, 0.29) is 34.7 Å². The van der Waals surface area contributed by atoms with Gasteiger partial charge in [-0.15, -0.1) is 0 Å². The normalized spacial score (nSPS) is 14.0. The van der Waals surface area contributed by atoms with Crippen LogP contribution in [0.2, 0.25) is 0 Å². The first-order valence-electron chi connectivity index (χ1n) is 8.12. The molecule has 1 saturated carbocycles. The summed E-state index contributed by atoms with van der Waals surface area (Å²) in [6.45, 7) is 2.29. The maximum atomic E-state index is 12.4. The fourth-order valence-electron chi connectivity index (χ4n) is 2.10. The first kappa shape index (κ1) is 19.2. The number of benzene rings is 1. The number of hydrogen-bond acceptors (Lipinski definition) is 5. The third kappa shape index (κ3) is 5.43. The number of ether oxygens (including phenoxy) is 1. The Morgan fingerprint density at radius 3 is 2.56 bits per heavy atom. The molecular weight excluding hydrogens is 346 g/mol. The van der Waals surface area contributed by atoms with E-state index in [4.69, 9.17) is 4.74 Å². The Labute approximate surface area is 147 Å². The molecule has 0 heterocycles. The maximum Gasteiger partial charge on any atom is 0.251 e. The molecule has 1 fully saturated rings. The SMILES string of the molecule is CCCNC(=O)CNC(=O)c1ccc(OC)c(S(=O)(=O)NC2CC2)c1. The number of nitrogens with one attached hydrogen (secondary N) is 3. The predicted molar refractivity (Wildman–Crippen MR) is 92.0 cm³/mol.